The number of aromatic amines is 2. The molecule has 0 aliphatic heterocycles. The second-order valence-electron chi connectivity index (χ2n) is 12.2. The molecule has 0 spiro atoms. The maximum absolute atomic E-state index is 14.1. The standard InChI is InChI=1S/C16H18Cl2F3NOSi.C13H10Cl2F3NO/c1-24(2,3)23-15(16(19,20)21)6-4-5-10-11-7-9(17)8-12(18)13(11)22-14(10)15;14-6-4-8-7-2-1-3-12(20,13(16,17)18)11(7)19-10(8)9(15)5-6/h7-8,22H,4-6H2,1-3H3;4-5,19-20H,1-3H2. The van der Waals surface area contributed by atoms with Crippen LogP contribution >= 0.6 is 46.4 Å². The van der Waals surface area contributed by atoms with Gasteiger partial charge in [-0.1, -0.05) is 46.4 Å². The molecule has 0 bridgehead atoms. The Balaban J connectivity index is 0.000000177. The number of aromatic nitrogens is 2. The first-order chi connectivity index (χ1) is 20.2. The molecule has 0 saturated carbocycles. The number of fused-ring (bicyclic) bond motifs is 6. The van der Waals surface area contributed by atoms with E-state index in [4.69, 9.17) is 50.8 Å². The Kier molecular flexibility index (Phi) is 8.65. The van der Waals surface area contributed by atoms with Gasteiger partial charge in [0, 0.05) is 20.8 Å². The highest BCUT2D eigenvalue weighted by molar-refractivity contribution is 6.69. The molecule has 0 radical (unpaired) electrons. The monoisotopic (exact) mass is 718 g/mol. The minimum atomic E-state index is -4.74. The molecule has 4 nitrogen and oxygen atoms in total. The van der Waals surface area contributed by atoms with Crippen LogP contribution in [0.2, 0.25) is 39.7 Å². The number of rotatable bonds is 2. The number of hydrogen-bond donors (Lipinski definition) is 3. The molecule has 2 aliphatic rings. The number of nitrogens with one attached hydrogen (secondary N) is 2. The number of aliphatic hydroxyl groups is 1. The summed E-state index contributed by atoms with van der Waals surface area (Å²) in [4.78, 5) is 5.57. The van der Waals surface area contributed by atoms with Gasteiger partial charge in [0.2, 0.25) is 5.60 Å². The third-order valence-electron chi connectivity index (χ3n) is 8.01. The first-order valence-electron chi connectivity index (χ1n) is 13.7. The molecular formula is C29H28Cl4F6N2O2Si. The molecule has 44 heavy (non-hydrogen) atoms. The summed E-state index contributed by atoms with van der Waals surface area (Å²) in [6.45, 7) is 5.30. The number of halogens is 10. The summed E-state index contributed by atoms with van der Waals surface area (Å²) in [7, 11) is -2.47. The van der Waals surface area contributed by atoms with Crippen molar-refractivity contribution in [1.29, 1.82) is 0 Å². The molecule has 0 saturated heterocycles. The van der Waals surface area contributed by atoms with Gasteiger partial charge in [-0.25, -0.2) is 0 Å². The van der Waals surface area contributed by atoms with Gasteiger partial charge >= 0.3 is 12.4 Å². The molecule has 2 heterocycles. The van der Waals surface area contributed by atoms with E-state index in [2.05, 4.69) is 9.97 Å². The molecule has 3 N–H and O–H groups in total. The zero-order chi connectivity index (χ0) is 32.6. The lowest BCUT2D eigenvalue weighted by molar-refractivity contribution is -0.272. The number of benzene rings is 2. The Morgan fingerprint density at radius 2 is 1.18 bits per heavy atom. The van der Waals surface area contributed by atoms with E-state index in [0.717, 1.165) is 0 Å². The van der Waals surface area contributed by atoms with Crippen LogP contribution in [-0.4, -0.2) is 35.7 Å². The molecule has 15 heteroatoms. The molecule has 4 aromatic rings. The van der Waals surface area contributed by atoms with Crippen LogP contribution in [0.15, 0.2) is 24.3 Å². The summed E-state index contributed by atoms with van der Waals surface area (Å²) in [6, 6.07) is 6.22. The van der Waals surface area contributed by atoms with Crippen LogP contribution in [0, 0.1) is 0 Å². The van der Waals surface area contributed by atoms with Crippen LogP contribution in [0.1, 0.15) is 48.2 Å². The molecule has 2 unspecified atom stereocenters. The fourth-order valence-electron chi connectivity index (χ4n) is 6.30. The van der Waals surface area contributed by atoms with Crippen LogP contribution in [0.5, 0.6) is 0 Å². The predicted molar refractivity (Wildman–Crippen MR) is 165 cm³/mol. The van der Waals surface area contributed by atoms with E-state index in [9.17, 15) is 31.4 Å². The molecule has 2 aliphatic carbocycles. The van der Waals surface area contributed by atoms with Crippen molar-refractivity contribution >= 4 is 76.5 Å². The molecule has 6 rings (SSSR count). The minimum absolute atomic E-state index is 0.0860. The minimum Gasteiger partial charge on any atom is -0.399 e. The van der Waals surface area contributed by atoms with E-state index < -0.39 is 31.9 Å². The molecule has 2 aromatic heterocycles. The Hall–Kier alpha value is -1.60. The molecule has 0 amide bonds. The summed E-state index contributed by atoms with van der Waals surface area (Å²) < 4.78 is 87.7. The topological polar surface area (TPSA) is 61.0 Å². The number of alkyl halides is 6. The lowest BCUT2D eigenvalue weighted by atomic mass is 9.82. The van der Waals surface area contributed by atoms with Crippen LogP contribution in [-0.2, 0) is 28.5 Å². The van der Waals surface area contributed by atoms with Gasteiger partial charge in [-0.3, -0.25) is 0 Å². The van der Waals surface area contributed by atoms with Gasteiger partial charge in [0.25, 0.3) is 0 Å². The fourth-order valence-corrected chi connectivity index (χ4v) is 8.75. The van der Waals surface area contributed by atoms with Crippen molar-refractivity contribution in [3.63, 3.8) is 0 Å². The fraction of sp³-hybridized carbons (Fsp3) is 0.448. The van der Waals surface area contributed by atoms with E-state index in [1.807, 2.05) is 0 Å². The normalized spacial score (nSPS) is 22.5. The van der Waals surface area contributed by atoms with Crippen molar-refractivity contribution in [3.8, 4) is 0 Å². The summed E-state index contributed by atoms with van der Waals surface area (Å²) in [5.74, 6) is 0. The smallest absolute Gasteiger partial charge is 0.399 e. The Bertz CT molecular complexity index is 1750. The van der Waals surface area contributed by atoms with Crippen molar-refractivity contribution in [2.24, 2.45) is 0 Å². The SMILES string of the molecule is C[Si](C)(C)OC1(C(F)(F)F)CCCc2c1[nH]c1c(Cl)cc(Cl)cc21.OC1(C(F)(F)F)CCCc2c1[nH]c1c(Cl)cc(Cl)cc21. The van der Waals surface area contributed by atoms with Gasteiger partial charge < -0.3 is 19.5 Å². The summed E-state index contributed by atoms with van der Waals surface area (Å²) in [6.07, 6.45) is -8.07. The van der Waals surface area contributed by atoms with Crippen LogP contribution in [0.25, 0.3) is 21.8 Å². The zero-order valence-electron chi connectivity index (χ0n) is 23.7. The third-order valence-corrected chi connectivity index (χ3v) is 10.0. The van der Waals surface area contributed by atoms with Gasteiger partial charge in [0.1, 0.15) is 0 Å². The average Bonchev–Trinajstić information content (AvgIpc) is 3.43. The highest BCUT2D eigenvalue weighted by atomic mass is 35.5. The Morgan fingerprint density at radius 1 is 0.727 bits per heavy atom. The van der Waals surface area contributed by atoms with Crippen molar-refractivity contribution < 1.29 is 35.9 Å². The Labute approximate surface area is 270 Å². The molecular weight excluding hydrogens is 692 g/mol. The maximum atomic E-state index is 14.1. The van der Waals surface area contributed by atoms with E-state index in [1.54, 1.807) is 31.8 Å². The highest BCUT2D eigenvalue weighted by Gasteiger charge is 2.61. The van der Waals surface area contributed by atoms with Crippen LogP contribution in [0.4, 0.5) is 26.3 Å². The van der Waals surface area contributed by atoms with Gasteiger partial charge in [-0.05, 0) is 93.6 Å². The van der Waals surface area contributed by atoms with E-state index in [1.165, 1.54) is 12.1 Å². The second kappa shape index (κ2) is 11.3. The summed E-state index contributed by atoms with van der Waals surface area (Å²) in [5, 5.41) is 12.6. The zero-order valence-corrected chi connectivity index (χ0v) is 27.7. The predicted octanol–water partition coefficient (Wildman–Crippen LogP) is 11.0. The van der Waals surface area contributed by atoms with Crippen molar-refractivity contribution in [2.75, 3.05) is 0 Å². The van der Waals surface area contributed by atoms with Crippen LogP contribution in [0.3, 0.4) is 0 Å². The number of aryl methyl sites for hydroxylation is 2. The molecule has 2 aromatic carbocycles. The quantitative estimate of drug-likeness (QED) is 0.143. The summed E-state index contributed by atoms with van der Waals surface area (Å²) in [5.41, 5.74) is -3.37. The van der Waals surface area contributed by atoms with E-state index >= 15 is 0 Å². The van der Waals surface area contributed by atoms with Crippen molar-refractivity contribution in [1.82, 2.24) is 9.97 Å². The lowest BCUT2D eigenvalue weighted by Gasteiger charge is -2.42. The second-order valence-corrected chi connectivity index (χ2v) is 18.3. The van der Waals surface area contributed by atoms with E-state index in [-0.39, 0.29) is 35.7 Å². The largest absolute Gasteiger partial charge is 0.422 e. The maximum Gasteiger partial charge on any atom is 0.422 e. The van der Waals surface area contributed by atoms with Gasteiger partial charge in [-0.15, -0.1) is 0 Å². The molecule has 2 atom stereocenters. The Morgan fingerprint density at radius 3 is 1.64 bits per heavy atom. The van der Waals surface area contributed by atoms with E-state index in [0.29, 0.717) is 67.3 Å². The van der Waals surface area contributed by atoms with Crippen molar-refractivity contribution in [3.05, 3.63) is 66.9 Å². The number of H-pyrrole nitrogens is 2. The van der Waals surface area contributed by atoms with Gasteiger partial charge in [-0.2, -0.15) is 26.3 Å². The van der Waals surface area contributed by atoms with Gasteiger partial charge in [0.05, 0.1) is 32.5 Å². The van der Waals surface area contributed by atoms with Gasteiger partial charge in [0.15, 0.2) is 13.9 Å². The molecule has 240 valence electrons. The van der Waals surface area contributed by atoms with Crippen LogP contribution < -0.4 is 0 Å². The first kappa shape index (κ1) is 33.8. The number of hydrogen-bond acceptors (Lipinski definition) is 2. The van der Waals surface area contributed by atoms with Crippen molar-refractivity contribution in [2.45, 2.75) is 81.7 Å². The lowest BCUT2D eigenvalue weighted by Crippen LogP contribution is -2.52. The third kappa shape index (κ3) is 5.75. The molecule has 0 fully saturated rings. The summed E-state index contributed by atoms with van der Waals surface area (Å²) >= 11 is 24.2. The average molecular weight is 720 g/mol. The highest BCUT2D eigenvalue weighted by Crippen LogP contribution is 2.53. The first-order valence-corrected chi connectivity index (χ1v) is 18.7.